The van der Waals surface area contributed by atoms with Crippen LogP contribution >= 0.6 is 0 Å². The van der Waals surface area contributed by atoms with Gasteiger partial charge >= 0.3 is 0 Å². The van der Waals surface area contributed by atoms with Gasteiger partial charge in [0.25, 0.3) is 0 Å². The van der Waals surface area contributed by atoms with Gasteiger partial charge in [-0.15, -0.1) is 0 Å². The summed E-state index contributed by atoms with van der Waals surface area (Å²) in [6, 6.07) is 7.50. The van der Waals surface area contributed by atoms with Crippen molar-refractivity contribution in [2.45, 2.75) is 6.10 Å². The van der Waals surface area contributed by atoms with Crippen LogP contribution in [0.25, 0.3) is 0 Å². The van der Waals surface area contributed by atoms with Crippen molar-refractivity contribution in [3.05, 3.63) is 24.3 Å². The lowest BCUT2D eigenvalue weighted by Crippen LogP contribution is -2.20. The Labute approximate surface area is 88.5 Å². The van der Waals surface area contributed by atoms with E-state index in [1.807, 2.05) is 24.3 Å². The van der Waals surface area contributed by atoms with Crippen LogP contribution in [0.15, 0.2) is 29.3 Å². The van der Waals surface area contributed by atoms with Crippen molar-refractivity contribution in [3.63, 3.8) is 0 Å². The molecule has 1 atom stereocenters. The number of nitrogens with zero attached hydrogens (tertiary/aromatic N) is 1. The molecule has 0 radical (unpaired) electrons. The standard InChI is InChI=1S/C11H13NO3/c1-13-9-3-2-4-10(5-9)14-7-11-6-12-8-15-11/h2-5,8,11H,6-7H2,1H3. The fraction of sp³-hybridized carbons (Fsp3) is 0.364. The van der Waals surface area contributed by atoms with Gasteiger partial charge in [-0.05, 0) is 12.1 Å². The van der Waals surface area contributed by atoms with Gasteiger partial charge in [-0.2, -0.15) is 0 Å². The Kier molecular flexibility index (Phi) is 3.07. The van der Waals surface area contributed by atoms with Gasteiger partial charge in [0.15, 0.2) is 12.5 Å². The van der Waals surface area contributed by atoms with Crippen LogP contribution in [-0.4, -0.2) is 32.8 Å². The van der Waals surface area contributed by atoms with Gasteiger partial charge in [-0.25, -0.2) is 0 Å². The molecule has 0 saturated carbocycles. The summed E-state index contributed by atoms with van der Waals surface area (Å²) in [4.78, 5) is 3.96. The van der Waals surface area contributed by atoms with Crippen LogP contribution in [0.1, 0.15) is 0 Å². The third-order valence-corrected chi connectivity index (χ3v) is 2.11. The lowest BCUT2D eigenvalue weighted by atomic mass is 10.3. The monoisotopic (exact) mass is 207 g/mol. The zero-order chi connectivity index (χ0) is 10.5. The Balaban J connectivity index is 1.87. The maximum atomic E-state index is 5.55. The molecule has 2 rings (SSSR count). The normalized spacial score (nSPS) is 18.6. The summed E-state index contributed by atoms with van der Waals surface area (Å²) >= 11 is 0. The molecular weight excluding hydrogens is 194 g/mol. The number of benzene rings is 1. The van der Waals surface area contributed by atoms with E-state index in [1.165, 1.54) is 6.40 Å². The summed E-state index contributed by atoms with van der Waals surface area (Å²) in [6.07, 6.45) is 1.51. The van der Waals surface area contributed by atoms with Gasteiger partial charge in [-0.3, -0.25) is 4.99 Å². The number of hydrogen-bond acceptors (Lipinski definition) is 4. The molecule has 0 aromatic heterocycles. The molecule has 1 aromatic carbocycles. The number of methoxy groups -OCH3 is 1. The molecule has 80 valence electrons. The topological polar surface area (TPSA) is 40.0 Å². The molecule has 0 spiro atoms. The Morgan fingerprint density at radius 1 is 1.47 bits per heavy atom. The Morgan fingerprint density at radius 3 is 3.07 bits per heavy atom. The van der Waals surface area contributed by atoms with Crippen molar-refractivity contribution in [1.82, 2.24) is 0 Å². The van der Waals surface area contributed by atoms with Crippen molar-refractivity contribution in [3.8, 4) is 11.5 Å². The molecule has 0 fully saturated rings. The lowest BCUT2D eigenvalue weighted by Gasteiger charge is -2.11. The van der Waals surface area contributed by atoms with Crippen LogP contribution in [0.3, 0.4) is 0 Å². The Bertz CT molecular complexity index is 343. The number of aliphatic imine (C=N–C) groups is 1. The second-order valence-electron chi connectivity index (χ2n) is 3.22. The molecule has 0 amide bonds. The van der Waals surface area contributed by atoms with Crippen molar-refractivity contribution in [1.29, 1.82) is 0 Å². The first-order valence-electron chi connectivity index (χ1n) is 4.79. The quantitative estimate of drug-likeness (QED) is 0.751. The van der Waals surface area contributed by atoms with Gasteiger partial charge in [-0.1, -0.05) is 6.07 Å². The fourth-order valence-corrected chi connectivity index (χ4v) is 1.30. The molecule has 4 nitrogen and oxygen atoms in total. The molecule has 1 unspecified atom stereocenters. The summed E-state index contributed by atoms with van der Waals surface area (Å²) in [7, 11) is 1.63. The second-order valence-corrected chi connectivity index (χ2v) is 3.22. The van der Waals surface area contributed by atoms with Crippen LogP contribution < -0.4 is 9.47 Å². The van der Waals surface area contributed by atoms with Gasteiger partial charge in [0.2, 0.25) is 0 Å². The molecular formula is C11H13NO3. The minimum atomic E-state index is 0.0381. The molecule has 15 heavy (non-hydrogen) atoms. The molecule has 0 N–H and O–H groups in total. The van der Waals surface area contributed by atoms with E-state index in [2.05, 4.69) is 4.99 Å². The second kappa shape index (κ2) is 4.68. The van der Waals surface area contributed by atoms with Crippen LogP contribution in [0.4, 0.5) is 0 Å². The summed E-state index contributed by atoms with van der Waals surface area (Å²) < 4.78 is 15.8. The third-order valence-electron chi connectivity index (χ3n) is 2.11. The van der Waals surface area contributed by atoms with E-state index in [0.29, 0.717) is 13.2 Å². The van der Waals surface area contributed by atoms with Crippen LogP contribution in [0.5, 0.6) is 11.5 Å². The highest BCUT2D eigenvalue weighted by Gasteiger charge is 2.12. The highest BCUT2D eigenvalue weighted by Crippen LogP contribution is 2.19. The largest absolute Gasteiger partial charge is 0.497 e. The zero-order valence-electron chi connectivity index (χ0n) is 8.55. The van der Waals surface area contributed by atoms with Gasteiger partial charge in [0.05, 0.1) is 13.7 Å². The number of hydrogen-bond donors (Lipinski definition) is 0. The Hall–Kier alpha value is -1.71. The minimum Gasteiger partial charge on any atom is -0.497 e. The highest BCUT2D eigenvalue weighted by atomic mass is 16.5. The molecule has 0 aliphatic carbocycles. The van der Waals surface area contributed by atoms with Gasteiger partial charge < -0.3 is 14.2 Å². The van der Waals surface area contributed by atoms with Crippen LogP contribution in [0.2, 0.25) is 0 Å². The molecule has 0 bridgehead atoms. The predicted molar refractivity (Wildman–Crippen MR) is 56.7 cm³/mol. The molecule has 1 aromatic rings. The van der Waals surface area contributed by atoms with E-state index in [9.17, 15) is 0 Å². The summed E-state index contributed by atoms with van der Waals surface area (Å²) in [5, 5.41) is 0. The molecule has 1 aliphatic rings. The third kappa shape index (κ3) is 2.62. The van der Waals surface area contributed by atoms with E-state index in [1.54, 1.807) is 7.11 Å². The van der Waals surface area contributed by atoms with Crippen molar-refractivity contribution < 1.29 is 14.2 Å². The van der Waals surface area contributed by atoms with E-state index >= 15 is 0 Å². The van der Waals surface area contributed by atoms with Crippen molar-refractivity contribution in [2.24, 2.45) is 4.99 Å². The first kappa shape index (κ1) is 9.83. The van der Waals surface area contributed by atoms with Gasteiger partial charge in [0, 0.05) is 6.07 Å². The smallest absolute Gasteiger partial charge is 0.170 e. The van der Waals surface area contributed by atoms with Crippen LogP contribution in [-0.2, 0) is 4.74 Å². The SMILES string of the molecule is COc1cccc(OCC2CN=CO2)c1. The van der Waals surface area contributed by atoms with E-state index in [4.69, 9.17) is 14.2 Å². The average Bonchev–Trinajstić information content (AvgIpc) is 2.79. The van der Waals surface area contributed by atoms with Crippen LogP contribution in [0, 0.1) is 0 Å². The predicted octanol–water partition coefficient (Wildman–Crippen LogP) is 1.50. The number of rotatable bonds is 4. The molecule has 1 heterocycles. The first-order valence-corrected chi connectivity index (χ1v) is 4.79. The fourth-order valence-electron chi connectivity index (χ4n) is 1.30. The maximum absolute atomic E-state index is 5.55. The molecule has 1 aliphatic heterocycles. The summed E-state index contributed by atoms with van der Waals surface area (Å²) in [5.41, 5.74) is 0. The molecule has 0 saturated heterocycles. The zero-order valence-corrected chi connectivity index (χ0v) is 8.55. The maximum Gasteiger partial charge on any atom is 0.170 e. The van der Waals surface area contributed by atoms with E-state index < -0.39 is 0 Å². The first-order chi connectivity index (χ1) is 7.38. The van der Waals surface area contributed by atoms with E-state index in [0.717, 1.165) is 11.5 Å². The van der Waals surface area contributed by atoms with Crippen molar-refractivity contribution >= 4 is 6.40 Å². The van der Waals surface area contributed by atoms with E-state index in [-0.39, 0.29) is 6.10 Å². The van der Waals surface area contributed by atoms with Gasteiger partial charge in [0.1, 0.15) is 18.1 Å². The number of ether oxygens (including phenoxy) is 3. The van der Waals surface area contributed by atoms with Crippen molar-refractivity contribution in [2.75, 3.05) is 20.3 Å². The summed E-state index contributed by atoms with van der Waals surface area (Å²) in [6.45, 7) is 1.18. The average molecular weight is 207 g/mol. The minimum absolute atomic E-state index is 0.0381. The summed E-state index contributed by atoms with van der Waals surface area (Å²) in [5.74, 6) is 1.57. The molecule has 4 heteroatoms. The lowest BCUT2D eigenvalue weighted by molar-refractivity contribution is 0.148. The highest BCUT2D eigenvalue weighted by molar-refractivity contribution is 5.48. The Morgan fingerprint density at radius 2 is 2.33 bits per heavy atom.